The quantitative estimate of drug-likeness (QED) is 0.252. The minimum absolute atomic E-state index is 0.0304. The molecule has 1 aromatic carbocycles. The number of carbonyl (C=O) groups excluding carboxylic acids is 4. The lowest BCUT2D eigenvalue weighted by molar-refractivity contribution is -0.156. The average Bonchev–Trinajstić information content (AvgIpc) is 2.90. The lowest BCUT2D eigenvalue weighted by Gasteiger charge is -2.36. The van der Waals surface area contributed by atoms with Crippen LogP contribution in [0, 0.1) is 35.1 Å². The Bertz CT molecular complexity index is 1160. The van der Waals surface area contributed by atoms with Crippen LogP contribution in [0.3, 0.4) is 0 Å². The molecule has 0 spiro atoms. The molecule has 42 heavy (non-hydrogen) atoms. The van der Waals surface area contributed by atoms with Gasteiger partial charge in [-0.05, 0) is 46.5 Å². The first-order chi connectivity index (χ1) is 19.5. The van der Waals surface area contributed by atoms with Gasteiger partial charge in [-0.1, -0.05) is 0 Å². The summed E-state index contributed by atoms with van der Waals surface area (Å²) >= 11 is 0. The Labute approximate surface area is 239 Å². The van der Waals surface area contributed by atoms with Crippen molar-refractivity contribution in [3.8, 4) is 5.75 Å². The molecule has 3 rings (SSSR count). The Morgan fingerprint density at radius 2 is 1.50 bits per heavy atom. The molecule has 1 atom stereocenters. The predicted octanol–water partition coefficient (Wildman–Crippen LogP) is 4.47. The van der Waals surface area contributed by atoms with Gasteiger partial charge in [-0.15, -0.1) is 0 Å². The van der Waals surface area contributed by atoms with Gasteiger partial charge in [0, 0.05) is 43.8 Å². The number of ether oxygens (including phenoxy) is 2. The van der Waals surface area contributed by atoms with Crippen LogP contribution in [0.2, 0.25) is 0 Å². The van der Waals surface area contributed by atoms with Gasteiger partial charge in [0.2, 0.25) is 29.4 Å². The highest BCUT2D eigenvalue weighted by Crippen LogP contribution is 2.37. The number of halogens is 6. The first-order valence-corrected chi connectivity index (χ1v) is 13.6. The van der Waals surface area contributed by atoms with E-state index in [0.29, 0.717) is 0 Å². The van der Waals surface area contributed by atoms with E-state index in [1.165, 1.54) is 4.90 Å². The maximum absolute atomic E-state index is 14.0. The predicted molar refractivity (Wildman–Crippen MR) is 135 cm³/mol. The molecule has 0 radical (unpaired) electrons. The topological polar surface area (TPSA) is 102 Å². The number of Topliss-reactive ketones (excluding diaryl/α,β-unsaturated/α-hetero) is 1. The van der Waals surface area contributed by atoms with Gasteiger partial charge in [0.05, 0.1) is 6.42 Å². The zero-order chi connectivity index (χ0) is 31.4. The maximum atomic E-state index is 14.0. The van der Waals surface area contributed by atoms with E-state index in [2.05, 4.69) is 5.32 Å². The van der Waals surface area contributed by atoms with Crippen molar-refractivity contribution in [2.75, 3.05) is 19.7 Å². The van der Waals surface area contributed by atoms with E-state index in [1.807, 2.05) is 0 Å². The van der Waals surface area contributed by atoms with E-state index in [-0.39, 0.29) is 63.6 Å². The third-order valence-corrected chi connectivity index (χ3v) is 7.17. The third kappa shape index (κ3) is 8.84. The summed E-state index contributed by atoms with van der Waals surface area (Å²) in [5.41, 5.74) is -0.940. The summed E-state index contributed by atoms with van der Waals surface area (Å²) in [5.74, 6) is -15.4. The molecule has 1 heterocycles. The number of esters is 1. The molecule has 1 saturated heterocycles. The van der Waals surface area contributed by atoms with Crippen LogP contribution < -0.4 is 10.1 Å². The summed E-state index contributed by atoms with van der Waals surface area (Å²) in [6.45, 7) is 3.94. The molecule has 2 fully saturated rings. The lowest BCUT2D eigenvalue weighted by Crippen LogP contribution is -2.50. The van der Waals surface area contributed by atoms with Crippen LogP contribution in [0.5, 0.6) is 5.75 Å². The Morgan fingerprint density at radius 1 is 0.952 bits per heavy atom. The maximum Gasteiger partial charge on any atom is 0.308 e. The van der Waals surface area contributed by atoms with Gasteiger partial charge in [0.25, 0.3) is 0 Å². The normalized spacial score (nSPS) is 18.7. The molecule has 234 valence electrons. The number of carbonyl (C=O) groups is 4. The first kappa shape index (κ1) is 33.2. The van der Waals surface area contributed by atoms with Crippen LogP contribution in [0.4, 0.5) is 26.3 Å². The van der Waals surface area contributed by atoms with Crippen molar-refractivity contribution in [3.63, 3.8) is 0 Å². The second-order valence-corrected chi connectivity index (χ2v) is 11.6. The van der Waals surface area contributed by atoms with E-state index < -0.39 is 89.1 Å². The first-order valence-electron chi connectivity index (χ1n) is 13.6. The minimum atomic E-state index is -2.77. The fourth-order valence-electron chi connectivity index (χ4n) is 4.91. The van der Waals surface area contributed by atoms with Crippen LogP contribution in [-0.2, 0) is 23.9 Å². The third-order valence-electron chi connectivity index (χ3n) is 7.17. The number of benzene rings is 1. The largest absolute Gasteiger partial charge is 0.479 e. The fourth-order valence-corrected chi connectivity index (χ4v) is 4.91. The molecule has 2 aliphatic rings. The highest BCUT2D eigenvalue weighted by Gasteiger charge is 2.40. The number of nitrogens with one attached hydrogen (secondary N) is 1. The van der Waals surface area contributed by atoms with Gasteiger partial charge >= 0.3 is 5.97 Å². The number of piperidine rings is 1. The van der Waals surface area contributed by atoms with E-state index in [0.717, 1.165) is 0 Å². The van der Waals surface area contributed by atoms with Crippen LogP contribution in [0.15, 0.2) is 6.07 Å². The molecule has 1 aliphatic heterocycles. The van der Waals surface area contributed by atoms with Gasteiger partial charge in [0.15, 0.2) is 23.2 Å². The second-order valence-electron chi connectivity index (χ2n) is 11.6. The Hall–Kier alpha value is -3.32. The van der Waals surface area contributed by atoms with Gasteiger partial charge < -0.3 is 19.7 Å². The Kier molecular flexibility index (Phi) is 10.5. The van der Waals surface area contributed by atoms with Crippen LogP contribution in [-0.4, -0.2) is 65.7 Å². The fraction of sp³-hybridized carbons (Fsp3) is 0.643. The molecule has 1 aliphatic carbocycles. The summed E-state index contributed by atoms with van der Waals surface area (Å²) in [6.07, 6.45) is -0.819. The average molecular weight is 609 g/mol. The standard InChI is InChI=1S/C28H34F6N2O6/c1-27(2,3)42-21(38)13-19(20(37)14-41-24-22(31)17(29)12-18(30)23(24)32)35-25(39)15-6-10-36(11-7-15)26(40)16-4-8-28(33,34)9-5-16/h12,15-16,19H,4-11,13-14H2,1-3H3,(H,35,39)/t19-/m0/s1. The molecule has 0 aromatic heterocycles. The minimum Gasteiger partial charge on any atom is -0.479 e. The van der Waals surface area contributed by atoms with E-state index >= 15 is 0 Å². The van der Waals surface area contributed by atoms with Gasteiger partial charge in [0.1, 0.15) is 18.2 Å². The van der Waals surface area contributed by atoms with Crippen molar-refractivity contribution >= 4 is 23.6 Å². The smallest absolute Gasteiger partial charge is 0.308 e. The SMILES string of the molecule is CC(C)(C)OC(=O)C[C@H](NC(=O)C1CCN(C(=O)C2CCC(F)(F)CC2)CC1)C(=O)COc1c(F)c(F)cc(F)c1F. The molecule has 1 saturated carbocycles. The van der Waals surface area contributed by atoms with E-state index in [1.54, 1.807) is 20.8 Å². The number of rotatable bonds is 9. The van der Waals surface area contributed by atoms with Gasteiger partial charge in [-0.3, -0.25) is 19.2 Å². The van der Waals surface area contributed by atoms with Crippen molar-refractivity contribution in [1.82, 2.24) is 10.2 Å². The molecular formula is C28H34F6N2O6. The molecule has 1 aromatic rings. The summed E-state index contributed by atoms with van der Waals surface area (Å²) in [6, 6.07) is -1.60. The summed E-state index contributed by atoms with van der Waals surface area (Å²) < 4.78 is 91.8. The van der Waals surface area contributed by atoms with Crippen molar-refractivity contribution in [3.05, 3.63) is 29.3 Å². The highest BCUT2D eigenvalue weighted by molar-refractivity contribution is 5.93. The summed E-state index contributed by atoms with van der Waals surface area (Å²) in [7, 11) is 0. The van der Waals surface area contributed by atoms with E-state index in [4.69, 9.17) is 9.47 Å². The molecule has 14 heteroatoms. The highest BCUT2D eigenvalue weighted by atomic mass is 19.3. The van der Waals surface area contributed by atoms with Crippen LogP contribution in [0.1, 0.15) is 65.7 Å². The number of hydrogen-bond acceptors (Lipinski definition) is 6. The molecular weight excluding hydrogens is 574 g/mol. The van der Waals surface area contributed by atoms with Crippen molar-refractivity contribution in [1.29, 1.82) is 0 Å². The zero-order valence-corrected chi connectivity index (χ0v) is 23.5. The molecule has 8 nitrogen and oxygen atoms in total. The van der Waals surface area contributed by atoms with Crippen LogP contribution >= 0.6 is 0 Å². The zero-order valence-electron chi connectivity index (χ0n) is 23.5. The Morgan fingerprint density at radius 3 is 2.02 bits per heavy atom. The number of nitrogens with zero attached hydrogens (tertiary/aromatic N) is 1. The van der Waals surface area contributed by atoms with Crippen molar-refractivity contribution in [2.24, 2.45) is 11.8 Å². The molecule has 0 unspecified atom stereocenters. The number of likely N-dealkylation sites (tertiary alicyclic amines) is 1. The molecule has 1 N–H and O–H groups in total. The molecule has 2 amide bonds. The second kappa shape index (κ2) is 13.3. The number of ketones is 1. The van der Waals surface area contributed by atoms with Crippen LogP contribution in [0.25, 0.3) is 0 Å². The Balaban J connectivity index is 1.63. The summed E-state index contributed by atoms with van der Waals surface area (Å²) in [5, 5.41) is 2.42. The van der Waals surface area contributed by atoms with Gasteiger partial charge in [-0.25, -0.2) is 17.6 Å². The van der Waals surface area contributed by atoms with Crippen molar-refractivity contribution < 1.29 is 55.0 Å². The monoisotopic (exact) mass is 608 g/mol. The number of amides is 2. The van der Waals surface area contributed by atoms with E-state index in [9.17, 15) is 45.5 Å². The lowest BCUT2D eigenvalue weighted by atomic mass is 9.85. The number of alkyl halides is 2. The molecule has 0 bridgehead atoms. The number of hydrogen-bond donors (Lipinski definition) is 1. The van der Waals surface area contributed by atoms with Crippen molar-refractivity contribution in [2.45, 2.75) is 83.3 Å². The van der Waals surface area contributed by atoms with Gasteiger partial charge in [-0.2, -0.15) is 8.78 Å². The summed E-state index contributed by atoms with van der Waals surface area (Å²) in [4.78, 5) is 52.7.